The number of rotatable bonds is 5. The molecule has 1 aromatic heterocycles. The van der Waals surface area contributed by atoms with Crippen molar-refractivity contribution in [1.82, 2.24) is 14.9 Å². The van der Waals surface area contributed by atoms with E-state index < -0.39 is 0 Å². The first-order valence-corrected chi connectivity index (χ1v) is 10.2. The molecule has 3 aromatic rings. The van der Waals surface area contributed by atoms with Gasteiger partial charge in [-0.1, -0.05) is 48.9 Å². The molecule has 0 aliphatic heterocycles. The van der Waals surface area contributed by atoms with Gasteiger partial charge in [0.25, 0.3) is 5.91 Å². The first-order valence-electron chi connectivity index (χ1n) is 10.2. The van der Waals surface area contributed by atoms with Crippen molar-refractivity contribution in [3.8, 4) is 23.6 Å². The number of carbonyl (C=O) groups excluding carboxylic acids is 1. The van der Waals surface area contributed by atoms with Gasteiger partial charge in [-0.2, -0.15) is 0 Å². The van der Waals surface area contributed by atoms with Gasteiger partial charge in [0.15, 0.2) is 0 Å². The van der Waals surface area contributed by atoms with Gasteiger partial charge in [-0.05, 0) is 49.2 Å². The van der Waals surface area contributed by atoms with Crippen molar-refractivity contribution in [2.75, 3.05) is 6.54 Å². The summed E-state index contributed by atoms with van der Waals surface area (Å²) >= 11 is 0. The van der Waals surface area contributed by atoms with Gasteiger partial charge >= 0.3 is 6.01 Å². The molecular formula is C25H23N3O2. The van der Waals surface area contributed by atoms with Crippen LogP contribution in [-0.4, -0.2) is 33.4 Å². The number of hydrogen-bond acceptors (Lipinski definition) is 4. The maximum atomic E-state index is 13.4. The molecule has 0 unspecified atom stereocenters. The number of aromatic nitrogens is 2. The van der Waals surface area contributed by atoms with E-state index in [0.717, 1.165) is 31.2 Å². The summed E-state index contributed by atoms with van der Waals surface area (Å²) in [7, 11) is 0. The molecule has 5 nitrogen and oxygen atoms in total. The van der Waals surface area contributed by atoms with Crippen LogP contribution in [-0.2, 0) is 0 Å². The average Bonchev–Trinajstić information content (AvgIpc) is 3.32. The number of nitrogens with zero attached hydrogens (tertiary/aromatic N) is 3. The Balaban J connectivity index is 1.52. The highest BCUT2D eigenvalue weighted by atomic mass is 16.5. The van der Waals surface area contributed by atoms with Gasteiger partial charge in [0, 0.05) is 29.6 Å². The molecule has 0 saturated heterocycles. The minimum absolute atomic E-state index is 0.0244. The average molecular weight is 397 g/mol. The van der Waals surface area contributed by atoms with Crippen molar-refractivity contribution in [3.63, 3.8) is 0 Å². The van der Waals surface area contributed by atoms with Crippen molar-refractivity contribution in [1.29, 1.82) is 0 Å². The van der Waals surface area contributed by atoms with Gasteiger partial charge in [0.2, 0.25) is 0 Å². The summed E-state index contributed by atoms with van der Waals surface area (Å²) in [6.07, 6.45) is 7.57. The Kier molecular flexibility index (Phi) is 6.36. The Hall–Kier alpha value is -3.65. The van der Waals surface area contributed by atoms with E-state index in [1.807, 2.05) is 47.4 Å². The Labute approximate surface area is 176 Å². The third kappa shape index (κ3) is 5.03. The molecule has 1 amide bonds. The zero-order chi connectivity index (χ0) is 20.6. The second kappa shape index (κ2) is 9.71. The number of carbonyl (C=O) groups is 1. The van der Waals surface area contributed by atoms with Crippen LogP contribution >= 0.6 is 0 Å². The summed E-state index contributed by atoms with van der Waals surface area (Å²) < 4.78 is 5.69. The van der Waals surface area contributed by atoms with Crippen LogP contribution in [0.15, 0.2) is 73.1 Å². The molecule has 1 aliphatic carbocycles. The number of ether oxygens (including phenoxy) is 1. The summed E-state index contributed by atoms with van der Waals surface area (Å²) in [5.41, 5.74) is 1.53. The zero-order valence-corrected chi connectivity index (χ0v) is 16.7. The standard InChI is InChI=1S/C25H23N3O2/c29-24(21-12-6-15-23(19-21)30-25-26-16-8-17-27-25)28(22-13-4-5-14-22)18-7-11-20-9-2-1-3-10-20/h1-3,6,8-10,12,15-17,19,22H,4-5,13-14,18H2. The zero-order valence-electron chi connectivity index (χ0n) is 16.7. The van der Waals surface area contributed by atoms with E-state index in [0.29, 0.717) is 17.9 Å². The molecule has 0 radical (unpaired) electrons. The normalized spacial score (nSPS) is 13.3. The molecule has 2 aromatic carbocycles. The second-order valence-corrected chi connectivity index (χ2v) is 7.20. The van der Waals surface area contributed by atoms with Crippen LogP contribution < -0.4 is 4.74 Å². The predicted molar refractivity (Wildman–Crippen MR) is 115 cm³/mol. The van der Waals surface area contributed by atoms with Crippen LogP contribution in [0.2, 0.25) is 0 Å². The maximum absolute atomic E-state index is 13.4. The Bertz CT molecular complexity index is 1040. The highest BCUT2D eigenvalue weighted by molar-refractivity contribution is 5.95. The van der Waals surface area contributed by atoms with Crippen LogP contribution in [0.1, 0.15) is 41.6 Å². The van der Waals surface area contributed by atoms with Crippen LogP contribution in [0.4, 0.5) is 0 Å². The minimum Gasteiger partial charge on any atom is -0.424 e. The maximum Gasteiger partial charge on any atom is 0.321 e. The molecule has 0 N–H and O–H groups in total. The van der Waals surface area contributed by atoms with Crippen LogP contribution in [0.3, 0.4) is 0 Å². The van der Waals surface area contributed by atoms with Gasteiger partial charge in [0.05, 0.1) is 6.54 Å². The van der Waals surface area contributed by atoms with Gasteiger partial charge < -0.3 is 9.64 Å². The fourth-order valence-electron chi connectivity index (χ4n) is 3.63. The minimum atomic E-state index is -0.0244. The van der Waals surface area contributed by atoms with Crippen LogP contribution in [0.5, 0.6) is 11.8 Å². The first-order chi connectivity index (χ1) is 14.8. The van der Waals surface area contributed by atoms with Crippen molar-refractivity contribution in [2.24, 2.45) is 0 Å². The van der Waals surface area contributed by atoms with Crippen LogP contribution in [0.25, 0.3) is 0 Å². The summed E-state index contributed by atoms with van der Waals surface area (Å²) in [4.78, 5) is 23.4. The topological polar surface area (TPSA) is 55.3 Å². The number of amides is 1. The SMILES string of the molecule is O=C(c1cccc(Oc2ncccn2)c1)N(CC#Cc1ccccc1)C1CCCC1. The summed E-state index contributed by atoms with van der Waals surface area (Å²) in [6.45, 7) is 0.408. The lowest BCUT2D eigenvalue weighted by atomic mass is 10.1. The van der Waals surface area contributed by atoms with E-state index in [1.54, 1.807) is 30.6 Å². The summed E-state index contributed by atoms with van der Waals surface area (Å²) in [5.74, 6) is 6.86. The summed E-state index contributed by atoms with van der Waals surface area (Å²) in [6, 6.07) is 19.2. The van der Waals surface area contributed by atoms with E-state index in [9.17, 15) is 4.79 Å². The molecule has 4 rings (SSSR count). The smallest absolute Gasteiger partial charge is 0.321 e. The molecule has 1 heterocycles. The van der Waals surface area contributed by atoms with Gasteiger partial charge in [0.1, 0.15) is 5.75 Å². The van der Waals surface area contributed by atoms with Crippen LogP contribution in [0, 0.1) is 11.8 Å². The highest BCUT2D eigenvalue weighted by Gasteiger charge is 2.27. The molecule has 150 valence electrons. The van der Waals surface area contributed by atoms with E-state index in [2.05, 4.69) is 21.8 Å². The lowest BCUT2D eigenvalue weighted by molar-refractivity contribution is 0.0710. The second-order valence-electron chi connectivity index (χ2n) is 7.20. The monoisotopic (exact) mass is 397 g/mol. The Morgan fingerprint density at radius 1 is 1.00 bits per heavy atom. The molecule has 1 fully saturated rings. The van der Waals surface area contributed by atoms with Gasteiger partial charge in [-0.3, -0.25) is 4.79 Å². The first kappa shape index (κ1) is 19.7. The van der Waals surface area contributed by atoms with Crippen molar-refractivity contribution >= 4 is 5.91 Å². The van der Waals surface area contributed by atoms with E-state index in [4.69, 9.17) is 4.74 Å². The van der Waals surface area contributed by atoms with E-state index >= 15 is 0 Å². The van der Waals surface area contributed by atoms with E-state index in [1.165, 1.54) is 0 Å². The van der Waals surface area contributed by atoms with Crippen molar-refractivity contribution in [2.45, 2.75) is 31.7 Å². The molecule has 0 atom stereocenters. The number of hydrogen-bond donors (Lipinski definition) is 0. The van der Waals surface area contributed by atoms with Crippen molar-refractivity contribution in [3.05, 3.63) is 84.2 Å². The molecule has 1 aliphatic rings. The fourth-order valence-corrected chi connectivity index (χ4v) is 3.63. The van der Waals surface area contributed by atoms with Gasteiger partial charge in [-0.15, -0.1) is 0 Å². The largest absolute Gasteiger partial charge is 0.424 e. The number of benzene rings is 2. The third-order valence-electron chi connectivity index (χ3n) is 5.11. The molecule has 0 spiro atoms. The predicted octanol–water partition coefficient (Wildman–Crippen LogP) is 4.71. The lowest BCUT2D eigenvalue weighted by Crippen LogP contribution is -2.39. The Morgan fingerprint density at radius 2 is 1.77 bits per heavy atom. The molecule has 0 bridgehead atoms. The van der Waals surface area contributed by atoms with Crippen molar-refractivity contribution < 1.29 is 9.53 Å². The third-order valence-corrected chi connectivity index (χ3v) is 5.11. The molecule has 30 heavy (non-hydrogen) atoms. The quantitative estimate of drug-likeness (QED) is 0.586. The highest BCUT2D eigenvalue weighted by Crippen LogP contribution is 2.26. The summed E-state index contributed by atoms with van der Waals surface area (Å²) in [5, 5.41) is 0. The molecule has 1 saturated carbocycles. The lowest BCUT2D eigenvalue weighted by Gasteiger charge is -2.27. The van der Waals surface area contributed by atoms with Gasteiger partial charge in [-0.25, -0.2) is 9.97 Å². The molecular weight excluding hydrogens is 374 g/mol. The van der Waals surface area contributed by atoms with E-state index in [-0.39, 0.29) is 18.0 Å². The Morgan fingerprint density at radius 3 is 2.53 bits per heavy atom. The fraction of sp³-hybridized carbons (Fsp3) is 0.240. The molecule has 5 heteroatoms.